The van der Waals surface area contributed by atoms with Crippen LogP contribution in [0.2, 0.25) is 5.02 Å². The van der Waals surface area contributed by atoms with Crippen LogP contribution in [0.5, 0.6) is 0 Å². The number of amides is 1. The molecule has 0 radical (unpaired) electrons. The number of nitrogens with zero attached hydrogens (tertiary/aromatic N) is 1. The van der Waals surface area contributed by atoms with Crippen LogP contribution < -0.4 is 10.9 Å². The standard InChI is InChI=1S/C22H25ClN2O3.ClH/c1-14-11-19(16-3-2-10-24-12-16)28-22(27)20(14)21(26)25(18-8-9-18)13-15-4-6-17(23)7-5-15;/h4-7,11,16,18,24H,2-3,8-10,12-13H2,1H3;1H. The molecule has 0 bridgehead atoms. The summed E-state index contributed by atoms with van der Waals surface area (Å²) in [5.74, 6) is 0.636. The first kappa shape index (κ1) is 21.9. The summed E-state index contributed by atoms with van der Waals surface area (Å²) in [4.78, 5) is 27.8. The molecule has 2 aliphatic rings. The zero-order valence-corrected chi connectivity index (χ0v) is 18.0. The highest BCUT2D eigenvalue weighted by Crippen LogP contribution is 2.31. The van der Waals surface area contributed by atoms with Crippen LogP contribution in [0.3, 0.4) is 0 Å². The van der Waals surface area contributed by atoms with Crippen LogP contribution in [0.4, 0.5) is 0 Å². The molecule has 1 aromatic heterocycles. The molecular formula is C22H26Cl2N2O3. The lowest BCUT2D eigenvalue weighted by atomic mass is 9.95. The van der Waals surface area contributed by atoms with Gasteiger partial charge in [-0.25, -0.2) is 4.79 Å². The fraction of sp³-hybridized carbons (Fsp3) is 0.455. The quantitative estimate of drug-likeness (QED) is 0.758. The molecule has 2 aromatic rings. The lowest BCUT2D eigenvalue weighted by molar-refractivity contribution is 0.0723. The zero-order chi connectivity index (χ0) is 19.7. The normalized spacial score (nSPS) is 18.8. The van der Waals surface area contributed by atoms with E-state index < -0.39 is 5.63 Å². The molecule has 1 aliphatic carbocycles. The van der Waals surface area contributed by atoms with Gasteiger partial charge in [-0.2, -0.15) is 0 Å². The maximum Gasteiger partial charge on any atom is 0.349 e. The molecule has 1 amide bonds. The molecule has 0 spiro atoms. The highest BCUT2D eigenvalue weighted by molar-refractivity contribution is 6.30. The molecule has 5 nitrogen and oxygen atoms in total. The molecule has 2 fully saturated rings. The van der Waals surface area contributed by atoms with E-state index in [0.717, 1.165) is 44.3 Å². The molecule has 1 atom stereocenters. The van der Waals surface area contributed by atoms with Crippen molar-refractivity contribution < 1.29 is 9.21 Å². The van der Waals surface area contributed by atoms with E-state index in [9.17, 15) is 9.59 Å². The maximum atomic E-state index is 13.3. The van der Waals surface area contributed by atoms with Gasteiger partial charge in [-0.1, -0.05) is 23.7 Å². The molecule has 2 heterocycles. The number of piperidine rings is 1. The first-order chi connectivity index (χ1) is 13.5. The molecule has 1 N–H and O–H groups in total. The number of hydrogen-bond donors (Lipinski definition) is 1. The van der Waals surface area contributed by atoms with Crippen LogP contribution in [0, 0.1) is 6.92 Å². The summed E-state index contributed by atoms with van der Waals surface area (Å²) < 4.78 is 5.61. The second kappa shape index (κ2) is 9.33. The fourth-order valence-electron chi connectivity index (χ4n) is 3.87. The number of carbonyl (C=O) groups excluding carboxylic acids is 1. The summed E-state index contributed by atoms with van der Waals surface area (Å²) in [7, 11) is 0. The number of nitrogens with one attached hydrogen (secondary N) is 1. The van der Waals surface area contributed by atoms with Crippen molar-refractivity contribution >= 4 is 29.9 Å². The Bertz CT molecular complexity index is 917. The van der Waals surface area contributed by atoms with Gasteiger partial charge < -0.3 is 14.6 Å². The van der Waals surface area contributed by atoms with Gasteiger partial charge in [0.2, 0.25) is 0 Å². The van der Waals surface area contributed by atoms with Gasteiger partial charge in [-0.3, -0.25) is 4.79 Å². The van der Waals surface area contributed by atoms with E-state index in [1.165, 1.54) is 0 Å². The van der Waals surface area contributed by atoms with E-state index in [0.29, 0.717) is 22.9 Å². The van der Waals surface area contributed by atoms with E-state index in [1.54, 1.807) is 4.90 Å². The third-order valence-electron chi connectivity index (χ3n) is 5.60. The van der Waals surface area contributed by atoms with Gasteiger partial charge in [0.25, 0.3) is 5.91 Å². The van der Waals surface area contributed by atoms with Crippen LogP contribution in [0.25, 0.3) is 0 Å². The fourth-order valence-corrected chi connectivity index (χ4v) is 3.99. The highest BCUT2D eigenvalue weighted by atomic mass is 35.5. The van der Waals surface area contributed by atoms with Gasteiger partial charge in [0.15, 0.2) is 0 Å². The average molecular weight is 437 g/mol. The third-order valence-corrected chi connectivity index (χ3v) is 5.85. The van der Waals surface area contributed by atoms with E-state index in [4.69, 9.17) is 16.0 Å². The molecule has 1 unspecified atom stereocenters. The number of carbonyl (C=O) groups is 1. The first-order valence-electron chi connectivity index (χ1n) is 9.93. The van der Waals surface area contributed by atoms with Crippen molar-refractivity contribution in [3.05, 3.63) is 68.2 Å². The average Bonchev–Trinajstić information content (AvgIpc) is 3.52. The van der Waals surface area contributed by atoms with Crippen molar-refractivity contribution in [1.29, 1.82) is 0 Å². The van der Waals surface area contributed by atoms with E-state index >= 15 is 0 Å². The molecule has 29 heavy (non-hydrogen) atoms. The number of benzene rings is 1. The Labute approximate surface area is 181 Å². The predicted octanol–water partition coefficient (Wildman–Crippen LogP) is 4.30. The molecule has 1 aromatic carbocycles. The van der Waals surface area contributed by atoms with Crippen molar-refractivity contribution in [2.45, 2.75) is 51.1 Å². The molecular weight excluding hydrogens is 411 g/mol. The third kappa shape index (κ3) is 5.03. The number of rotatable bonds is 5. The Balaban J connectivity index is 0.00000240. The van der Waals surface area contributed by atoms with Gasteiger partial charge >= 0.3 is 5.63 Å². The maximum absolute atomic E-state index is 13.3. The topological polar surface area (TPSA) is 62.6 Å². The van der Waals surface area contributed by atoms with Gasteiger partial charge in [0, 0.05) is 30.1 Å². The Kier molecular flexibility index (Phi) is 7.04. The minimum Gasteiger partial charge on any atom is -0.427 e. The second-order valence-corrected chi connectivity index (χ2v) is 8.26. The van der Waals surface area contributed by atoms with Crippen molar-refractivity contribution in [2.75, 3.05) is 13.1 Å². The van der Waals surface area contributed by atoms with Crippen LogP contribution in [-0.4, -0.2) is 29.9 Å². The van der Waals surface area contributed by atoms with Gasteiger partial charge in [0.1, 0.15) is 11.3 Å². The number of aryl methyl sites for hydroxylation is 1. The minimum atomic E-state index is -0.521. The summed E-state index contributed by atoms with van der Waals surface area (Å²) in [6.07, 6.45) is 3.99. The monoisotopic (exact) mass is 436 g/mol. The molecule has 1 saturated heterocycles. The van der Waals surface area contributed by atoms with E-state index in [1.807, 2.05) is 37.3 Å². The van der Waals surface area contributed by atoms with Crippen LogP contribution >= 0.6 is 24.0 Å². The minimum absolute atomic E-state index is 0. The van der Waals surface area contributed by atoms with Crippen molar-refractivity contribution in [1.82, 2.24) is 10.2 Å². The van der Waals surface area contributed by atoms with E-state index in [-0.39, 0.29) is 35.8 Å². The Morgan fingerprint density at radius 1 is 1.24 bits per heavy atom. The smallest absolute Gasteiger partial charge is 0.349 e. The lowest BCUT2D eigenvalue weighted by Crippen LogP contribution is -2.36. The Hall–Kier alpha value is -1.82. The number of hydrogen-bond acceptors (Lipinski definition) is 4. The van der Waals surface area contributed by atoms with Crippen LogP contribution in [0.15, 0.2) is 39.5 Å². The van der Waals surface area contributed by atoms with Crippen molar-refractivity contribution in [3.8, 4) is 0 Å². The van der Waals surface area contributed by atoms with Gasteiger partial charge in [-0.15, -0.1) is 12.4 Å². The van der Waals surface area contributed by atoms with Gasteiger partial charge in [-0.05, 0) is 68.5 Å². The summed E-state index contributed by atoms with van der Waals surface area (Å²) in [5.41, 5.74) is 1.33. The summed E-state index contributed by atoms with van der Waals surface area (Å²) in [6, 6.07) is 9.53. The van der Waals surface area contributed by atoms with Gasteiger partial charge in [0.05, 0.1) is 0 Å². The molecule has 7 heteroatoms. The van der Waals surface area contributed by atoms with E-state index in [2.05, 4.69) is 5.32 Å². The molecule has 1 saturated carbocycles. The zero-order valence-electron chi connectivity index (χ0n) is 16.4. The molecule has 4 rings (SSSR count). The number of halogens is 2. The molecule has 1 aliphatic heterocycles. The van der Waals surface area contributed by atoms with Crippen molar-refractivity contribution in [2.24, 2.45) is 0 Å². The highest BCUT2D eigenvalue weighted by Gasteiger charge is 2.35. The molecule has 156 valence electrons. The predicted molar refractivity (Wildman–Crippen MR) is 116 cm³/mol. The Morgan fingerprint density at radius 2 is 1.97 bits per heavy atom. The SMILES string of the molecule is Cc1cc(C2CCCNC2)oc(=O)c1C(=O)N(Cc1ccc(Cl)cc1)C1CC1.Cl. The summed E-state index contributed by atoms with van der Waals surface area (Å²) >= 11 is 5.96. The summed E-state index contributed by atoms with van der Waals surface area (Å²) in [6.45, 7) is 4.10. The lowest BCUT2D eigenvalue weighted by Gasteiger charge is -2.24. The largest absolute Gasteiger partial charge is 0.427 e. The second-order valence-electron chi connectivity index (χ2n) is 7.83. The summed E-state index contributed by atoms with van der Waals surface area (Å²) in [5, 5.41) is 4.00. The van der Waals surface area contributed by atoms with Crippen LogP contribution in [-0.2, 0) is 6.54 Å². The Morgan fingerprint density at radius 3 is 2.55 bits per heavy atom. The first-order valence-corrected chi connectivity index (χ1v) is 10.3. The van der Waals surface area contributed by atoms with Crippen LogP contribution in [0.1, 0.15) is 58.8 Å². The van der Waals surface area contributed by atoms with Crippen molar-refractivity contribution in [3.63, 3.8) is 0 Å².